The van der Waals surface area contributed by atoms with E-state index in [-0.39, 0.29) is 17.3 Å². The number of ketones is 1. The molecule has 5 nitrogen and oxygen atoms in total. The lowest BCUT2D eigenvalue weighted by atomic mass is 9.93. The van der Waals surface area contributed by atoms with Crippen LogP contribution in [0, 0.1) is 20.8 Å². The molecule has 0 atom stereocenters. The van der Waals surface area contributed by atoms with E-state index in [9.17, 15) is 14.4 Å². The van der Waals surface area contributed by atoms with Gasteiger partial charge in [0.2, 0.25) is 0 Å². The second-order valence-corrected chi connectivity index (χ2v) is 7.04. The van der Waals surface area contributed by atoms with Gasteiger partial charge in [0.25, 0.3) is 11.8 Å². The molecule has 5 heteroatoms. The summed E-state index contributed by atoms with van der Waals surface area (Å²) in [6.45, 7) is 5.84. The average molecular weight is 386 g/mol. The average Bonchev–Trinajstić information content (AvgIpc) is 2.67. The lowest BCUT2D eigenvalue weighted by Crippen LogP contribution is -2.18. The molecule has 0 unspecified atom stereocenters. The first kappa shape index (κ1) is 20.0. The number of aryl methyl sites for hydroxylation is 3. The molecule has 2 amide bonds. The Hall–Kier alpha value is -3.73. The predicted octanol–water partition coefficient (Wildman–Crippen LogP) is 4.19. The van der Waals surface area contributed by atoms with E-state index in [1.54, 1.807) is 48.5 Å². The first-order valence-electron chi connectivity index (χ1n) is 9.20. The van der Waals surface area contributed by atoms with Gasteiger partial charge in [-0.25, -0.2) is 0 Å². The molecule has 3 aromatic carbocycles. The summed E-state index contributed by atoms with van der Waals surface area (Å²) in [6.07, 6.45) is 0. The highest BCUT2D eigenvalue weighted by Crippen LogP contribution is 2.21. The smallest absolute Gasteiger partial charge is 0.255 e. The van der Waals surface area contributed by atoms with Crippen LogP contribution in [-0.2, 0) is 0 Å². The normalized spacial score (nSPS) is 10.4. The van der Waals surface area contributed by atoms with Gasteiger partial charge in [0.1, 0.15) is 0 Å². The van der Waals surface area contributed by atoms with Crippen LogP contribution in [0.4, 0.5) is 5.69 Å². The molecule has 0 saturated carbocycles. The third kappa shape index (κ3) is 4.24. The minimum Gasteiger partial charge on any atom is -0.366 e. The van der Waals surface area contributed by atoms with Gasteiger partial charge in [-0.05, 0) is 56.2 Å². The topological polar surface area (TPSA) is 89.3 Å². The van der Waals surface area contributed by atoms with Crippen molar-refractivity contribution in [1.29, 1.82) is 0 Å². The van der Waals surface area contributed by atoms with Crippen LogP contribution < -0.4 is 11.1 Å². The first-order chi connectivity index (χ1) is 13.8. The van der Waals surface area contributed by atoms with E-state index < -0.39 is 5.91 Å². The molecule has 3 aromatic rings. The first-order valence-corrected chi connectivity index (χ1v) is 9.20. The maximum absolute atomic E-state index is 12.9. The van der Waals surface area contributed by atoms with Crippen LogP contribution >= 0.6 is 0 Å². The van der Waals surface area contributed by atoms with Crippen LogP contribution in [0.25, 0.3) is 0 Å². The zero-order valence-electron chi connectivity index (χ0n) is 16.6. The van der Waals surface area contributed by atoms with E-state index in [1.165, 1.54) is 0 Å². The van der Waals surface area contributed by atoms with E-state index >= 15 is 0 Å². The zero-order valence-corrected chi connectivity index (χ0v) is 16.6. The highest BCUT2D eigenvalue weighted by molar-refractivity contribution is 6.12. The second kappa shape index (κ2) is 8.10. The summed E-state index contributed by atoms with van der Waals surface area (Å²) in [5.41, 5.74) is 10.5. The molecule has 0 radical (unpaired) electrons. The Bertz CT molecular complexity index is 1090. The van der Waals surface area contributed by atoms with E-state index in [4.69, 9.17) is 5.73 Å². The number of amides is 2. The van der Waals surface area contributed by atoms with Gasteiger partial charge in [0.05, 0.1) is 11.3 Å². The number of carbonyl (C=O) groups excluding carboxylic acids is 3. The Balaban J connectivity index is 1.83. The van der Waals surface area contributed by atoms with Crippen molar-refractivity contribution >= 4 is 23.3 Å². The van der Waals surface area contributed by atoms with Crippen molar-refractivity contribution < 1.29 is 14.4 Å². The molecule has 3 rings (SSSR count). The van der Waals surface area contributed by atoms with Crippen molar-refractivity contribution in [2.24, 2.45) is 5.73 Å². The summed E-state index contributed by atoms with van der Waals surface area (Å²) in [4.78, 5) is 37.0. The number of rotatable bonds is 5. The fourth-order valence-electron chi connectivity index (χ4n) is 3.46. The van der Waals surface area contributed by atoms with Crippen LogP contribution in [0.5, 0.6) is 0 Å². The molecule has 0 fully saturated rings. The summed E-state index contributed by atoms with van der Waals surface area (Å²) in [5, 5.41) is 2.69. The fourth-order valence-corrected chi connectivity index (χ4v) is 3.46. The Morgan fingerprint density at radius 3 is 1.93 bits per heavy atom. The number of anilines is 1. The summed E-state index contributed by atoms with van der Waals surface area (Å²) in [6, 6.07) is 17.0. The van der Waals surface area contributed by atoms with Crippen LogP contribution in [0.15, 0.2) is 60.7 Å². The highest BCUT2D eigenvalue weighted by Gasteiger charge is 2.16. The van der Waals surface area contributed by atoms with Gasteiger partial charge < -0.3 is 11.1 Å². The molecule has 3 N–H and O–H groups in total. The Labute approximate surface area is 169 Å². The van der Waals surface area contributed by atoms with Crippen LogP contribution in [0.1, 0.15) is 53.3 Å². The molecule has 29 heavy (non-hydrogen) atoms. The maximum Gasteiger partial charge on any atom is 0.255 e. The van der Waals surface area contributed by atoms with Crippen LogP contribution in [0.3, 0.4) is 0 Å². The Morgan fingerprint density at radius 1 is 0.793 bits per heavy atom. The Morgan fingerprint density at radius 2 is 1.34 bits per heavy atom. The van der Waals surface area contributed by atoms with Crippen molar-refractivity contribution in [2.45, 2.75) is 20.8 Å². The van der Waals surface area contributed by atoms with Gasteiger partial charge in [-0.3, -0.25) is 14.4 Å². The number of hydrogen-bond acceptors (Lipinski definition) is 3. The summed E-state index contributed by atoms with van der Waals surface area (Å²) < 4.78 is 0. The largest absolute Gasteiger partial charge is 0.366 e. The predicted molar refractivity (Wildman–Crippen MR) is 113 cm³/mol. The molecule has 0 heterocycles. The van der Waals surface area contributed by atoms with Gasteiger partial charge in [0, 0.05) is 16.7 Å². The maximum atomic E-state index is 12.9. The van der Waals surface area contributed by atoms with Crippen molar-refractivity contribution in [3.8, 4) is 0 Å². The molecular formula is C24H22N2O3. The molecular weight excluding hydrogens is 364 g/mol. The summed E-state index contributed by atoms with van der Waals surface area (Å²) in [7, 11) is 0. The second-order valence-electron chi connectivity index (χ2n) is 7.04. The van der Waals surface area contributed by atoms with Crippen LogP contribution in [0.2, 0.25) is 0 Å². The quantitative estimate of drug-likeness (QED) is 0.644. The van der Waals surface area contributed by atoms with Crippen molar-refractivity contribution in [3.63, 3.8) is 0 Å². The monoisotopic (exact) mass is 386 g/mol. The SMILES string of the molecule is Cc1cc(C)c(C(=O)c2ccc(C(=O)Nc3ccccc3C(N)=O)cc2)c(C)c1. The molecule has 0 aliphatic rings. The molecule has 0 aliphatic carbocycles. The van der Waals surface area contributed by atoms with Crippen molar-refractivity contribution in [3.05, 3.63) is 99.6 Å². The van der Waals surface area contributed by atoms with E-state index in [0.29, 0.717) is 22.4 Å². The van der Waals surface area contributed by atoms with E-state index in [0.717, 1.165) is 16.7 Å². The van der Waals surface area contributed by atoms with Gasteiger partial charge in [-0.2, -0.15) is 0 Å². The van der Waals surface area contributed by atoms with Gasteiger partial charge >= 0.3 is 0 Å². The molecule has 0 saturated heterocycles. The minimum atomic E-state index is -0.620. The molecule has 0 aliphatic heterocycles. The summed E-state index contributed by atoms with van der Waals surface area (Å²) in [5.74, 6) is -1.09. The van der Waals surface area contributed by atoms with Crippen LogP contribution in [-0.4, -0.2) is 17.6 Å². The Kier molecular flexibility index (Phi) is 5.59. The number of carbonyl (C=O) groups is 3. The van der Waals surface area contributed by atoms with Gasteiger partial charge in [-0.15, -0.1) is 0 Å². The van der Waals surface area contributed by atoms with Gasteiger partial charge in [-0.1, -0.05) is 42.0 Å². The van der Waals surface area contributed by atoms with Crippen molar-refractivity contribution in [1.82, 2.24) is 0 Å². The van der Waals surface area contributed by atoms with E-state index in [1.807, 2.05) is 32.9 Å². The lowest BCUT2D eigenvalue weighted by molar-refractivity contribution is 0.0999. The number of primary amides is 1. The van der Waals surface area contributed by atoms with Gasteiger partial charge in [0.15, 0.2) is 5.78 Å². The number of nitrogens with one attached hydrogen (secondary N) is 1. The molecule has 0 aromatic heterocycles. The standard InChI is InChI=1S/C24H22N2O3/c1-14-12-15(2)21(16(3)13-14)22(27)17-8-10-18(11-9-17)24(29)26-20-7-5-4-6-19(20)23(25)28/h4-13H,1-3H3,(H2,25,28)(H,26,29). The highest BCUT2D eigenvalue weighted by atomic mass is 16.2. The number of hydrogen-bond donors (Lipinski definition) is 2. The molecule has 146 valence electrons. The van der Waals surface area contributed by atoms with Crippen molar-refractivity contribution in [2.75, 3.05) is 5.32 Å². The third-order valence-corrected chi connectivity index (χ3v) is 4.75. The van der Waals surface area contributed by atoms with E-state index in [2.05, 4.69) is 5.32 Å². The molecule has 0 bridgehead atoms. The summed E-state index contributed by atoms with van der Waals surface area (Å²) >= 11 is 0. The number of nitrogens with two attached hydrogens (primary N) is 1. The third-order valence-electron chi connectivity index (χ3n) is 4.75. The zero-order chi connectivity index (χ0) is 21.1. The minimum absolute atomic E-state index is 0.0777. The lowest BCUT2D eigenvalue weighted by Gasteiger charge is -2.11. The number of benzene rings is 3. The molecule has 0 spiro atoms. The fraction of sp³-hybridized carbons (Fsp3) is 0.125. The number of para-hydroxylation sites is 1.